The quantitative estimate of drug-likeness (QED) is 0.0961. The first kappa shape index (κ1) is 35.3. The molecule has 0 aliphatic carbocycles. The summed E-state index contributed by atoms with van der Waals surface area (Å²) in [5, 5.41) is 54.7. The van der Waals surface area contributed by atoms with E-state index >= 15 is 0 Å². The first-order chi connectivity index (χ1) is 21.2. The van der Waals surface area contributed by atoms with Gasteiger partial charge < -0.3 is 10.2 Å². The monoisotopic (exact) mass is 580 g/mol. The number of ketones is 2. The van der Waals surface area contributed by atoms with Crippen LogP contribution in [0.25, 0.3) is 5.76 Å². The van der Waals surface area contributed by atoms with Crippen LogP contribution < -0.4 is 0 Å². The second-order valence-corrected chi connectivity index (χ2v) is 8.47. The number of nitrogens with zero attached hydrogens (tertiary/aromatic N) is 4. The van der Waals surface area contributed by atoms with Crippen LogP contribution >= 0.6 is 0 Å². The Kier molecular flexibility index (Phi) is 16.2. The number of hydrogen-bond donors (Lipinski definition) is 2. The van der Waals surface area contributed by atoms with Crippen molar-refractivity contribution >= 4 is 17.3 Å². The van der Waals surface area contributed by atoms with Gasteiger partial charge in [0, 0.05) is 11.1 Å². The number of Topliss-reactive ketones (excluding diaryl/α,β-unsaturated/α-hetero) is 2. The Morgan fingerprint density at radius 3 is 1.48 bits per heavy atom. The highest BCUT2D eigenvalue weighted by Crippen LogP contribution is 2.16. The average molecular weight is 581 g/mol. The molecule has 2 aromatic carbocycles. The van der Waals surface area contributed by atoms with Gasteiger partial charge in [-0.3, -0.25) is 9.59 Å². The molecule has 0 saturated heterocycles. The highest BCUT2D eigenvalue weighted by atomic mass is 16.3. The third kappa shape index (κ3) is 12.6. The standard InChI is InChI=1S/C23H16N2O2.C13H12N2O2/c24-16-20(22(26)18-10-4-1-5-11-18)14-8-3-9-15-21(17-25)23(27)19-12-6-2-7-13-19;1-10(16)12(8-14)6-4-3-5-7-13(9-15)11(2)17/h1-15,26H;3-7,16H,1-2H3/b9-3+,14-8+,21-15+,22-20+;5-3+,6-4+,12-10+,13-7+. The molecule has 0 spiro atoms. The lowest BCUT2D eigenvalue weighted by Crippen LogP contribution is -2.00. The SMILES string of the molecule is CC(=O)/C(C#N)=C/C=C/C=C/C(C#N)=C(/C)O.N#C\C(=C/C=C/C=C/C(C#N)=C(\O)c1ccccc1)C(=O)c1ccccc1. The third-order valence-electron chi connectivity index (χ3n) is 5.33. The van der Waals surface area contributed by atoms with Gasteiger partial charge in [-0.1, -0.05) is 97.1 Å². The van der Waals surface area contributed by atoms with Gasteiger partial charge in [0.15, 0.2) is 5.78 Å². The van der Waals surface area contributed by atoms with E-state index in [-0.39, 0.29) is 45.4 Å². The van der Waals surface area contributed by atoms with Gasteiger partial charge in [0.05, 0.1) is 22.3 Å². The summed E-state index contributed by atoms with van der Waals surface area (Å²) in [5.41, 5.74) is 1.32. The maximum atomic E-state index is 12.2. The number of nitriles is 4. The van der Waals surface area contributed by atoms with Gasteiger partial charge in [-0.15, -0.1) is 0 Å². The Morgan fingerprint density at radius 1 is 0.591 bits per heavy atom. The molecule has 0 fully saturated rings. The highest BCUT2D eigenvalue weighted by molar-refractivity contribution is 6.11. The maximum Gasteiger partial charge on any atom is 0.203 e. The Balaban J connectivity index is 0.000000493. The number of aliphatic hydroxyl groups excluding tert-OH is 2. The Hall–Kier alpha value is -6.74. The van der Waals surface area contributed by atoms with E-state index in [9.17, 15) is 20.0 Å². The van der Waals surface area contributed by atoms with Crippen LogP contribution in [0.1, 0.15) is 29.8 Å². The molecule has 0 unspecified atom stereocenters. The lowest BCUT2D eigenvalue weighted by molar-refractivity contribution is -0.113. The molecule has 0 aromatic heterocycles. The molecule has 8 nitrogen and oxygen atoms in total. The molecule has 0 aliphatic rings. The molecule has 0 amide bonds. The molecule has 2 N–H and O–H groups in total. The second-order valence-electron chi connectivity index (χ2n) is 8.47. The first-order valence-corrected chi connectivity index (χ1v) is 12.9. The van der Waals surface area contributed by atoms with Crippen LogP contribution in [-0.4, -0.2) is 21.8 Å². The molecule has 2 rings (SSSR count). The van der Waals surface area contributed by atoms with Crippen molar-refractivity contribution in [3.8, 4) is 24.3 Å². The highest BCUT2D eigenvalue weighted by Gasteiger charge is 2.10. The van der Waals surface area contributed by atoms with E-state index in [0.29, 0.717) is 11.1 Å². The molecule has 8 heteroatoms. The van der Waals surface area contributed by atoms with E-state index in [2.05, 4.69) is 0 Å². The zero-order valence-electron chi connectivity index (χ0n) is 24.0. The number of carbonyl (C=O) groups excluding carboxylic acids is 2. The lowest BCUT2D eigenvalue weighted by atomic mass is 10.0. The van der Waals surface area contributed by atoms with Crippen LogP contribution in [0.5, 0.6) is 0 Å². The van der Waals surface area contributed by atoms with Crippen LogP contribution in [0.15, 0.2) is 149 Å². The van der Waals surface area contributed by atoms with Crippen molar-refractivity contribution in [3.63, 3.8) is 0 Å². The van der Waals surface area contributed by atoms with Crippen LogP contribution in [0, 0.1) is 45.3 Å². The van der Waals surface area contributed by atoms with E-state index in [1.165, 1.54) is 56.4 Å². The van der Waals surface area contributed by atoms with Crippen LogP contribution in [-0.2, 0) is 4.79 Å². The summed E-state index contributed by atoms with van der Waals surface area (Å²) in [5.74, 6) is -0.833. The van der Waals surface area contributed by atoms with Crippen LogP contribution in [0.3, 0.4) is 0 Å². The Bertz CT molecular complexity index is 1740. The molecular formula is C36H28N4O4. The number of rotatable bonds is 10. The van der Waals surface area contributed by atoms with Crippen molar-refractivity contribution in [2.75, 3.05) is 0 Å². The zero-order valence-corrected chi connectivity index (χ0v) is 24.0. The van der Waals surface area contributed by atoms with Crippen LogP contribution in [0.4, 0.5) is 0 Å². The minimum absolute atomic E-state index is 0.00836. The van der Waals surface area contributed by atoms with E-state index in [4.69, 9.17) is 20.9 Å². The number of carbonyl (C=O) groups is 2. The summed E-state index contributed by atoms with van der Waals surface area (Å²) >= 11 is 0. The summed E-state index contributed by atoms with van der Waals surface area (Å²) in [6.45, 7) is 2.72. The predicted molar refractivity (Wildman–Crippen MR) is 168 cm³/mol. The van der Waals surface area contributed by atoms with Crippen molar-refractivity contribution < 1.29 is 19.8 Å². The predicted octanol–water partition coefficient (Wildman–Crippen LogP) is 7.42. The molecule has 216 valence electrons. The summed E-state index contributed by atoms with van der Waals surface area (Å²) < 4.78 is 0. The molecule has 0 radical (unpaired) electrons. The molecule has 0 aliphatic heterocycles. The fraction of sp³-hybridized carbons (Fsp3) is 0.0556. The topological polar surface area (TPSA) is 170 Å². The Morgan fingerprint density at radius 2 is 1.05 bits per heavy atom. The summed E-state index contributed by atoms with van der Waals surface area (Å²) in [6, 6.07) is 24.7. The van der Waals surface area contributed by atoms with E-state index in [0.717, 1.165) is 0 Å². The molecule has 0 saturated carbocycles. The smallest absolute Gasteiger partial charge is 0.203 e. The molecule has 2 aromatic rings. The largest absolute Gasteiger partial charge is 0.511 e. The van der Waals surface area contributed by atoms with Crippen molar-refractivity contribution in [3.05, 3.63) is 161 Å². The van der Waals surface area contributed by atoms with Crippen LogP contribution in [0.2, 0.25) is 0 Å². The number of hydrogen-bond acceptors (Lipinski definition) is 8. The second kappa shape index (κ2) is 20.2. The van der Waals surface area contributed by atoms with E-state index in [1.807, 2.05) is 24.3 Å². The molecular weight excluding hydrogens is 552 g/mol. The third-order valence-corrected chi connectivity index (χ3v) is 5.33. The zero-order chi connectivity index (χ0) is 32.7. The maximum absolute atomic E-state index is 12.2. The van der Waals surface area contributed by atoms with Gasteiger partial charge in [0.1, 0.15) is 35.8 Å². The number of aliphatic hydroxyl groups is 2. The van der Waals surface area contributed by atoms with Gasteiger partial charge in [-0.2, -0.15) is 21.0 Å². The number of allylic oxidation sites excluding steroid dienone is 15. The normalized spacial score (nSPS) is 12.8. The molecule has 0 heterocycles. The average Bonchev–Trinajstić information content (AvgIpc) is 3.04. The van der Waals surface area contributed by atoms with Gasteiger partial charge in [-0.25, -0.2) is 0 Å². The number of benzene rings is 2. The van der Waals surface area contributed by atoms with Gasteiger partial charge in [0.25, 0.3) is 0 Å². The van der Waals surface area contributed by atoms with E-state index in [1.54, 1.807) is 78.9 Å². The van der Waals surface area contributed by atoms with Gasteiger partial charge >= 0.3 is 0 Å². The Labute approximate surface area is 256 Å². The lowest BCUT2D eigenvalue weighted by Gasteiger charge is -2.00. The summed E-state index contributed by atoms with van der Waals surface area (Å²) in [4.78, 5) is 23.1. The summed E-state index contributed by atoms with van der Waals surface area (Å²) in [7, 11) is 0. The van der Waals surface area contributed by atoms with Gasteiger partial charge in [-0.05, 0) is 38.2 Å². The first-order valence-electron chi connectivity index (χ1n) is 12.9. The van der Waals surface area contributed by atoms with Crippen molar-refractivity contribution in [1.82, 2.24) is 0 Å². The molecule has 0 bridgehead atoms. The fourth-order valence-corrected chi connectivity index (χ4v) is 3.04. The molecule has 0 atom stereocenters. The fourth-order valence-electron chi connectivity index (χ4n) is 3.04. The van der Waals surface area contributed by atoms with Crippen molar-refractivity contribution in [1.29, 1.82) is 21.0 Å². The van der Waals surface area contributed by atoms with E-state index < -0.39 is 0 Å². The minimum atomic E-state index is -0.355. The molecule has 44 heavy (non-hydrogen) atoms. The summed E-state index contributed by atoms with van der Waals surface area (Å²) in [6.07, 6.45) is 14.9. The van der Waals surface area contributed by atoms with Gasteiger partial charge in [0.2, 0.25) is 5.78 Å². The minimum Gasteiger partial charge on any atom is -0.511 e. The van der Waals surface area contributed by atoms with Crippen molar-refractivity contribution in [2.24, 2.45) is 0 Å². The van der Waals surface area contributed by atoms with Crippen molar-refractivity contribution in [2.45, 2.75) is 13.8 Å².